The average molecular weight is 584 g/mol. The lowest BCUT2D eigenvalue weighted by atomic mass is 9.97. The lowest BCUT2D eigenvalue weighted by molar-refractivity contribution is -0.144. The van der Waals surface area contributed by atoms with Gasteiger partial charge in [0.05, 0.1) is 33.8 Å². The third-order valence-electron chi connectivity index (χ3n) is 6.13. The van der Waals surface area contributed by atoms with Gasteiger partial charge in [0.25, 0.3) is 10.0 Å². The fraction of sp³-hybridized carbons (Fsp3) is 0.222. The molecule has 0 aromatic heterocycles. The number of nitrogens with zero attached hydrogens (tertiary/aromatic N) is 1. The van der Waals surface area contributed by atoms with Crippen molar-refractivity contribution in [2.45, 2.75) is 30.5 Å². The molecule has 1 unspecified atom stereocenters. The molecule has 6 nitrogen and oxygen atoms in total. The summed E-state index contributed by atoms with van der Waals surface area (Å²) in [5.41, 5.74) is 0.652. The van der Waals surface area contributed by atoms with E-state index in [0.29, 0.717) is 22.8 Å². The largest absolute Gasteiger partial charge is 0.480 e. The van der Waals surface area contributed by atoms with Crippen LogP contribution >= 0.6 is 11.6 Å². The maximum absolute atomic E-state index is 14.4. The summed E-state index contributed by atoms with van der Waals surface area (Å²) in [7, 11) is -4.54. The molecule has 0 fully saturated rings. The van der Waals surface area contributed by atoms with Crippen molar-refractivity contribution < 1.29 is 40.6 Å². The molecule has 1 heterocycles. The molecule has 0 saturated carbocycles. The zero-order valence-electron chi connectivity index (χ0n) is 20.4. The Morgan fingerprint density at radius 2 is 1.87 bits per heavy atom. The summed E-state index contributed by atoms with van der Waals surface area (Å²) in [6.45, 7) is 0.627. The molecule has 1 atom stereocenters. The number of aliphatic carboxylic acids is 1. The fourth-order valence-corrected chi connectivity index (χ4v) is 6.24. The van der Waals surface area contributed by atoms with E-state index < -0.39 is 51.2 Å². The molecule has 1 N–H and O–H groups in total. The van der Waals surface area contributed by atoms with Gasteiger partial charge in [-0.1, -0.05) is 41.9 Å². The summed E-state index contributed by atoms with van der Waals surface area (Å²) >= 11 is 6.17. The number of anilines is 1. The molecular formula is C27H22ClF4NO5S. The zero-order valence-corrected chi connectivity index (χ0v) is 21.9. The number of sulfonamides is 1. The quantitative estimate of drug-likeness (QED) is 0.261. The second-order valence-electron chi connectivity index (χ2n) is 8.90. The van der Waals surface area contributed by atoms with Crippen LogP contribution in [-0.2, 0) is 32.2 Å². The molecule has 0 spiro atoms. The van der Waals surface area contributed by atoms with Crippen LogP contribution in [-0.4, -0.2) is 38.7 Å². The number of rotatable bonds is 7. The Morgan fingerprint density at radius 1 is 1.15 bits per heavy atom. The molecular weight excluding hydrogens is 562 g/mol. The lowest BCUT2D eigenvalue weighted by Gasteiger charge is -2.35. The Kier molecular flexibility index (Phi) is 8.06. The van der Waals surface area contributed by atoms with Crippen LogP contribution in [0, 0.1) is 5.82 Å². The highest BCUT2D eigenvalue weighted by molar-refractivity contribution is 7.92. The highest BCUT2D eigenvalue weighted by Crippen LogP contribution is 2.37. The van der Waals surface area contributed by atoms with Crippen molar-refractivity contribution in [2.24, 2.45) is 0 Å². The van der Waals surface area contributed by atoms with Gasteiger partial charge in [-0.2, -0.15) is 13.2 Å². The number of allylic oxidation sites excluding steroid dienone is 1. The van der Waals surface area contributed by atoms with Gasteiger partial charge in [-0.3, -0.25) is 4.31 Å². The van der Waals surface area contributed by atoms with Gasteiger partial charge in [-0.15, -0.1) is 0 Å². The predicted molar refractivity (Wildman–Crippen MR) is 138 cm³/mol. The first-order valence-electron chi connectivity index (χ1n) is 11.6. The monoisotopic (exact) mass is 583 g/mol. The topological polar surface area (TPSA) is 83.9 Å². The number of carboxylic acid groups (broad SMARTS) is 1. The Bertz CT molecular complexity index is 1540. The van der Waals surface area contributed by atoms with Crippen molar-refractivity contribution in [1.29, 1.82) is 0 Å². The van der Waals surface area contributed by atoms with Gasteiger partial charge in [0.2, 0.25) is 0 Å². The highest BCUT2D eigenvalue weighted by atomic mass is 35.5. The number of ether oxygens (including phenoxy) is 1. The number of alkyl halides is 3. The molecule has 1 aliphatic rings. The van der Waals surface area contributed by atoms with E-state index in [2.05, 4.69) is 0 Å². The SMILES string of the molecule is CC(=Cc1ccc2c(c1)N(S(=O)(=O)c1cccc(C(F)(F)F)c1)CC(OCC(=O)O)C2)c1c(F)cccc1Cl. The fourth-order valence-electron chi connectivity index (χ4n) is 4.35. The molecule has 1 aliphatic heterocycles. The summed E-state index contributed by atoms with van der Waals surface area (Å²) in [5.74, 6) is -1.79. The second-order valence-corrected chi connectivity index (χ2v) is 11.2. The van der Waals surface area contributed by atoms with Gasteiger partial charge in [0.15, 0.2) is 0 Å². The van der Waals surface area contributed by atoms with E-state index in [0.717, 1.165) is 22.5 Å². The minimum Gasteiger partial charge on any atom is -0.480 e. The summed E-state index contributed by atoms with van der Waals surface area (Å²) in [6, 6.07) is 12.4. The molecule has 39 heavy (non-hydrogen) atoms. The van der Waals surface area contributed by atoms with Crippen molar-refractivity contribution in [3.05, 3.63) is 93.8 Å². The van der Waals surface area contributed by atoms with E-state index in [1.54, 1.807) is 25.1 Å². The average Bonchev–Trinajstić information content (AvgIpc) is 2.86. The number of carbonyl (C=O) groups is 1. The van der Waals surface area contributed by atoms with Crippen LogP contribution in [0.5, 0.6) is 0 Å². The normalized spacial score (nSPS) is 16.2. The molecule has 3 aromatic carbocycles. The minimum atomic E-state index is -4.76. The van der Waals surface area contributed by atoms with Crippen molar-refractivity contribution in [3.8, 4) is 0 Å². The molecule has 206 valence electrons. The maximum Gasteiger partial charge on any atom is 0.416 e. The van der Waals surface area contributed by atoms with Gasteiger partial charge in [0, 0.05) is 12.0 Å². The van der Waals surface area contributed by atoms with E-state index in [-0.39, 0.29) is 29.2 Å². The third-order valence-corrected chi connectivity index (χ3v) is 8.22. The zero-order chi connectivity index (χ0) is 28.5. The van der Waals surface area contributed by atoms with Gasteiger partial charge >= 0.3 is 12.1 Å². The van der Waals surface area contributed by atoms with Crippen LogP contribution in [0.4, 0.5) is 23.2 Å². The number of hydrogen-bond donors (Lipinski definition) is 1. The molecule has 0 aliphatic carbocycles. The van der Waals surface area contributed by atoms with E-state index in [1.165, 1.54) is 24.3 Å². The molecule has 0 amide bonds. The van der Waals surface area contributed by atoms with Crippen LogP contribution in [0.25, 0.3) is 11.6 Å². The van der Waals surface area contributed by atoms with E-state index >= 15 is 0 Å². The molecule has 3 aromatic rings. The number of fused-ring (bicyclic) bond motifs is 1. The number of carboxylic acids is 1. The Hall–Kier alpha value is -3.41. The number of hydrogen-bond acceptors (Lipinski definition) is 4. The molecule has 0 saturated heterocycles. The smallest absolute Gasteiger partial charge is 0.416 e. The number of benzene rings is 3. The first kappa shape index (κ1) is 28.6. The Morgan fingerprint density at radius 3 is 2.54 bits per heavy atom. The van der Waals surface area contributed by atoms with E-state index in [9.17, 15) is 30.8 Å². The van der Waals surface area contributed by atoms with E-state index in [1.807, 2.05) is 0 Å². The summed E-state index contributed by atoms with van der Waals surface area (Å²) < 4.78 is 88.0. The van der Waals surface area contributed by atoms with E-state index in [4.69, 9.17) is 21.4 Å². The van der Waals surface area contributed by atoms with Crippen LogP contribution in [0.15, 0.2) is 65.6 Å². The minimum absolute atomic E-state index is 0.166. The van der Waals surface area contributed by atoms with Crippen molar-refractivity contribution in [3.63, 3.8) is 0 Å². The summed E-state index contributed by atoms with van der Waals surface area (Å²) in [5, 5.41) is 9.19. The standard InChI is InChI=1S/C27H22ClF4NO5S/c1-16(26-22(28)6-3-7-23(26)29)10-17-8-9-18-12-20(38-15-25(34)35)14-33(24(18)11-17)39(36,37)21-5-2-4-19(13-21)27(30,31)32/h2-11,13,20H,12,14-15H2,1H3,(H,34,35). The third kappa shape index (κ3) is 6.26. The van der Waals surface area contributed by atoms with Crippen molar-refractivity contribution in [1.82, 2.24) is 0 Å². The van der Waals surface area contributed by atoms with Crippen molar-refractivity contribution in [2.75, 3.05) is 17.5 Å². The lowest BCUT2D eigenvalue weighted by Crippen LogP contribution is -2.44. The first-order chi connectivity index (χ1) is 18.3. The van der Waals surface area contributed by atoms with Gasteiger partial charge < -0.3 is 9.84 Å². The number of halogens is 5. The first-order valence-corrected chi connectivity index (χ1v) is 13.4. The molecule has 0 radical (unpaired) electrons. The Balaban J connectivity index is 1.80. The van der Waals surface area contributed by atoms with Crippen molar-refractivity contribution >= 4 is 44.9 Å². The molecule has 12 heteroatoms. The summed E-state index contributed by atoms with van der Waals surface area (Å²) in [6.07, 6.45) is -3.86. The van der Waals surface area contributed by atoms with Crippen LogP contribution < -0.4 is 4.31 Å². The molecule has 4 rings (SSSR count). The van der Waals surface area contributed by atoms with Crippen LogP contribution in [0.1, 0.15) is 29.2 Å². The molecule has 0 bridgehead atoms. The van der Waals surface area contributed by atoms with Gasteiger partial charge in [0.1, 0.15) is 12.4 Å². The van der Waals surface area contributed by atoms with Gasteiger partial charge in [-0.05, 0) is 60.0 Å². The summed E-state index contributed by atoms with van der Waals surface area (Å²) in [4.78, 5) is 10.4. The predicted octanol–water partition coefficient (Wildman–Crippen LogP) is 6.28. The van der Waals surface area contributed by atoms with Crippen LogP contribution in [0.3, 0.4) is 0 Å². The Labute approximate surface area is 227 Å². The maximum atomic E-state index is 14.4. The van der Waals surface area contributed by atoms with Gasteiger partial charge in [-0.25, -0.2) is 17.6 Å². The highest BCUT2D eigenvalue weighted by Gasteiger charge is 2.36. The second kappa shape index (κ2) is 11.0. The van der Waals surface area contributed by atoms with Crippen LogP contribution in [0.2, 0.25) is 5.02 Å².